The number of ether oxygens (including phenoxy) is 1. The number of nitriles is 1. The second-order valence-corrected chi connectivity index (χ2v) is 6.08. The zero-order valence-corrected chi connectivity index (χ0v) is 13.5. The number of benzene rings is 2. The Labute approximate surface area is 144 Å². The summed E-state index contributed by atoms with van der Waals surface area (Å²) in [4.78, 5) is 15.7. The van der Waals surface area contributed by atoms with Crippen LogP contribution in [0.15, 0.2) is 64.8 Å². The molecule has 1 aromatic heterocycles. The number of nitrogens with one attached hydrogen (secondary N) is 1. The van der Waals surface area contributed by atoms with Gasteiger partial charge < -0.3 is 15.5 Å². The first-order valence-corrected chi connectivity index (χ1v) is 7.89. The lowest BCUT2D eigenvalue weighted by Gasteiger charge is -2.26. The van der Waals surface area contributed by atoms with Crippen LogP contribution in [0.25, 0.3) is 10.9 Å². The molecule has 5 heteroatoms. The van der Waals surface area contributed by atoms with E-state index < -0.39 is 5.92 Å². The summed E-state index contributed by atoms with van der Waals surface area (Å²) in [5.41, 5.74) is 8.96. The molecular weight excluding hydrogens is 314 g/mol. The number of pyridine rings is 1. The van der Waals surface area contributed by atoms with Crippen molar-refractivity contribution in [1.82, 2.24) is 4.98 Å². The Morgan fingerprint density at radius 2 is 2.00 bits per heavy atom. The molecule has 2 heterocycles. The number of H-pyrrole nitrogens is 1. The zero-order chi connectivity index (χ0) is 17.6. The minimum atomic E-state index is -0.554. The van der Waals surface area contributed by atoms with Gasteiger partial charge in [0.2, 0.25) is 5.88 Å². The maximum atomic E-state index is 12.8. The quantitative estimate of drug-likeness (QED) is 0.718. The van der Waals surface area contributed by atoms with Gasteiger partial charge in [-0.2, -0.15) is 5.26 Å². The fourth-order valence-corrected chi connectivity index (χ4v) is 3.35. The Morgan fingerprint density at radius 1 is 1.20 bits per heavy atom. The Hall–Kier alpha value is -3.52. The maximum Gasteiger partial charge on any atom is 0.256 e. The number of fused-ring (bicyclic) bond motifs is 3. The van der Waals surface area contributed by atoms with Crippen molar-refractivity contribution >= 4 is 10.9 Å². The molecule has 0 spiro atoms. The van der Waals surface area contributed by atoms with Crippen molar-refractivity contribution in [1.29, 1.82) is 5.26 Å². The second kappa shape index (κ2) is 5.53. The third-order valence-electron chi connectivity index (χ3n) is 4.46. The van der Waals surface area contributed by atoms with Crippen molar-refractivity contribution in [2.45, 2.75) is 12.8 Å². The van der Waals surface area contributed by atoms with Crippen molar-refractivity contribution < 1.29 is 4.74 Å². The van der Waals surface area contributed by atoms with Gasteiger partial charge in [0.1, 0.15) is 17.4 Å². The highest BCUT2D eigenvalue weighted by molar-refractivity contribution is 5.87. The average Bonchev–Trinajstić information content (AvgIpc) is 2.60. The molecular formula is C20H15N3O2. The van der Waals surface area contributed by atoms with Crippen molar-refractivity contribution in [3.63, 3.8) is 0 Å². The first kappa shape index (κ1) is 15.0. The summed E-state index contributed by atoms with van der Waals surface area (Å²) >= 11 is 0. The number of para-hydroxylation sites is 1. The highest BCUT2D eigenvalue weighted by Gasteiger charge is 2.34. The molecule has 122 valence electrons. The van der Waals surface area contributed by atoms with Gasteiger partial charge in [0.05, 0.1) is 17.0 Å². The summed E-state index contributed by atoms with van der Waals surface area (Å²) in [5.74, 6) is -0.0957. The molecule has 3 aromatic rings. The molecule has 1 aliphatic heterocycles. The maximum absolute atomic E-state index is 12.8. The van der Waals surface area contributed by atoms with Crippen LogP contribution in [0.1, 0.15) is 22.6 Å². The van der Waals surface area contributed by atoms with Crippen LogP contribution in [0, 0.1) is 18.3 Å². The molecule has 0 saturated heterocycles. The second-order valence-electron chi connectivity index (χ2n) is 6.08. The van der Waals surface area contributed by atoms with Gasteiger partial charge in [0, 0.05) is 5.39 Å². The van der Waals surface area contributed by atoms with E-state index in [4.69, 9.17) is 10.5 Å². The van der Waals surface area contributed by atoms with Gasteiger partial charge in [-0.1, -0.05) is 42.0 Å². The van der Waals surface area contributed by atoms with Gasteiger partial charge >= 0.3 is 0 Å². The fourth-order valence-electron chi connectivity index (χ4n) is 3.35. The fraction of sp³-hybridized carbons (Fsp3) is 0.100. The van der Waals surface area contributed by atoms with E-state index in [1.165, 1.54) is 0 Å². The molecule has 0 amide bonds. The lowest BCUT2D eigenvalue weighted by molar-refractivity contribution is 0.397. The average molecular weight is 329 g/mol. The Kier molecular flexibility index (Phi) is 3.33. The predicted molar refractivity (Wildman–Crippen MR) is 95.0 cm³/mol. The van der Waals surface area contributed by atoms with E-state index in [-0.39, 0.29) is 17.0 Å². The van der Waals surface area contributed by atoms with Crippen molar-refractivity contribution in [2.75, 3.05) is 0 Å². The van der Waals surface area contributed by atoms with Gasteiger partial charge in [-0.05, 0) is 24.6 Å². The van der Waals surface area contributed by atoms with Crippen LogP contribution >= 0.6 is 0 Å². The number of allylic oxidation sites excluding steroid dienone is 1. The number of rotatable bonds is 1. The van der Waals surface area contributed by atoms with E-state index in [0.29, 0.717) is 16.8 Å². The number of aromatic nitrogens is 1. The van der Waals surface area contributed by atoms with Crippen LogP contribution in [0.5, 0.6) is 5.75 Å². The lowest BCUT2D eigenvalue weighted by atomic mass is 9.83. The first-order valence-electron chi connectivity index (χ1n) is 7.89. The van der Waals surface area contributed by atoms with E-state index in [9.17, 15) is 10.1 Å². The molecule has 1 atom stereocenters. The number of aromatic amines is 1. The van der Waals surface area contributed by atoms with Crippen LogP contribution in [0.3, 0.4) is 0 Å². The minimum Gasteiger partial charge on any atom is -0.439 e. The van der Waals surface area contributed by atoms with Gasteiger partial charge in [0.25, 0.3) is 5.56 Å². The van der Waals surface area contributed by atoms with Gasteiger partial charge in [0.15, 0.2) is 0 Å². The molecule has 4 rings (SSSR count). The summed E-state index contributed by atoms with van der Waals surface area (Å²) in [6.07, 6.45) is 0. The molecule has 3 N–H and O–H groups in total. The predicted octanol–water partition coefficient (Wildman–Crippen LogP) is 3.05. The van der Waals surface area contributed by atoms with Gasteiger partial charge in [-0.15, -0.1) is 0 Å². The smallest absolute Gasteiger partial charge is 0.256 e. The molecule has 0 bridgehead atoms. The normalized spacial score (nSPS) is 16.2. The topological polar surface area (TPSA) is 91.9 Å². The van der Waals surface area contributed by atoms with Crippen molar-refractivity contribution in [2.24, 2.45) is 5.73 Å². The van der Waals surface area contributed by atoms with Crippen LogP contribution in [0.4, 0.5) is 0 Å². The van der Waals surface area contributed by atoms with Crippen molar-refractivity contribution in [3.8, 4) is 11.8 Å². The van der Waals surface area contributed by atoms with E-state index in [1.807, 2.05) is 55.5 Å². The summed E-state index contributed by atoms with van der Waals surface area (Å²) in [6, 6.07) is 17.2. The third-order valence-corrected chi connectivity index (χ3v) is 4.46. The molecule has 0 fully saturated rings. The standard InChI is InChI=1S/C20H15N3O2/c1-11-5-4-6-12(9-11)16-14(10-21)19(22)25-18-13-7-2-3-8-15(13)23-20(24)17(16)18/h2-9,16H,22H2,1H3,(H,23,24)/t16-/m1/s1. The molecule has 0 radical (unpaired) electrons. The number of nitrogens with zero attached hydrogens (tertiary/aromatic N) is 1. The number of hydrogen-bond donors (Lipinski definition) is 2. The van der Waals surface area contributed by atoms with Crippen LogP contribution in [-0.2, 0) is 0 Å². The number of nitrogens with two attached hydrogens (primary N) is 1. The summed E-state index contributed by atoms with van der Waals surface area (Å²) < 4.78 is 5.73. The molecule has 5 nitrogen and oxygen atoms in total. The summed E-state index contributed by atoms with van der Waals surface area (Å²) in [7, 11) is 0. The zero-order valence-electron chi connectivity index (χ0n) is 13.5. The number of aryl methyl sites for hydroxylation is 1. The van der Waals surface area contributed by atoms with Crippen LogP contribution in [-0.4, -0.2) is 4.98 Å². The van der Waals surface area contributed by atoms with Crippen molar-refractivity contribution in [3.05, 3.63) is 87.0 Å². The van der Waals surface area contributed by atoms with E-state index in [1.54, 1.807) is 0 Å². The van der Waals surface area contributed by atoms with E-state index in [2.05, 4.69) is 11.1 Å². The molecule has 25 heavy (non-hydrogen) atoms. The molecule has 2 aromatic carbocycles. The Bertz CT molecular complexity index is 1140. The van der Waals surface area contributed by atoms with E-state index >= 15 is 0 Å². The van der Waals surface area contributed by atoms with Crippen LogP contribution in [0.2, 0.25) is 0 Å². The lowest BCUT2D eigenvalue weighted by Crippen LogP contribution is -2.27. The largest absolute Gasteiger partial charge is 0.439 e. The Balaban J connectivity index is 2.10. The highest BCUT2D eigenvalue weighted by atomic mass is 16.5. The monoisotopic (exact) mass is 329 g/mol. The van der Waals surface area contributed by atoms with E-state index in [0.717, 1.165) is 16.5 Å². The molecule has 1 aliphatic rings. The third kappa shape index (κ3) is 2.27. The first-order chi connectivity index (χ1) is 12.1. The molecule has 0 unspecified atom stereocenters. The summed E-state index contributed by atoms with van der Waals surface area (Å²) in [6.45, 7) is 1.97. The molecule has 0 aliphatic carbocycles. The molecule has 0 saturated carbocycles. The SMILES string of the molecule is Cc1cccc([C@@H]2C(C#N)=C(N)Oc3c2c(=O)[nH]c2ccccc32)c1. The highest BCUT2D eigenvalue weighted by Crippen LogP contribution is 2.42. The summed E-state index contributed by atoms with van der Waals surface area (Å²) in [5, 5.41) is 10.4. The van der Waals surface area contributed by atoms with Crippen LogP contribution < -0.4 is 16.0 Å². The number of hydrogen-bond acceptors (Lipinski definition) is 4. The Morgan fingerprint density at radius 3 is 2.76 bits per heavy atom. The van der Waals surface area contributed by atoms with Gasteiger partial charge in [-0.25, -0.2) is 0 Å². The van der Waals surface area contributed by atoms with Gasteiger partial charge in [-0.3, -0.25) is 4.79 Å². The minimum absolute atomic E-state index is 0.0391.